The molecule has 0 spiro atoms. The summed E-state index contributed by atoms with van der Waals surface area (Å²) in [5.74, 6) is 0.536. The fraction of sp³-hybridized carbons (Fsp3) is 0.190. The van der Waals surface area contributed by atoms with Crippen LogP contribution in [0.4, 0.5) is 5.69 Å². The molecular weight excluding hydrogens is 369 g/mol. The Morgan fingerprint density at radius 3 is 2.27 bits per heavy atom. The van der Waals surface area contributed by atoms with Crippen LogP contribution in [0.3, 0.4) is 0 Å². The maximum absolute atomic E-state index is 12.9. The third-order valence-electron chi connectivity index (χ3n) is 4.29. The van der Waals surface area contributed by atoms with Crippen molar-refractivity contribution in [3.05, 3.63) is 75.0 Å². The summed E-state index contributed by atoms with van der Waals surface area (Å²) in [5, 5.41) is 1.07. The Hall–Kier alpha value is -2.23. The molecule has 2 aromatic carbocycles. The molecule has 3 nitrogen and oxygen atoms in total. The van der Waals surface area contributed by atoms with Gasteiger partial charge in [0.1, 0.15) is 5.76 Å². The van der Waals surface area contributed by atoms with Crippen molar-refractivity contribution in [3.63, 3.8) is 0 Å². The molecule has 134 valence electrons. The van der Waals surface area contributed by atoms with E-state index in [1.54, 1.807) is 42.3 Å². The minimum atomic E-state index is -0.218. The summed E-state index contributed by atoms with van der Waals surface area (Å²) in [7, 11) is 1.75. The van der Waals surface area contributed by atoms with Gasteiger partial charge in [-0.15, -0.1) is 0 Å². The Morgan fingerprint density at radius 2 is 1.62 bits per heavy atom. The fourth-order valence-corrected chi connectivity index (χ4v) is 3.63. The molecule has 0 unspecified atom stereocenters. The molecule has 0 saturated heterocycles. The summed E-state index contributed by atoms with van der Waals surface area (Å²) in [6, 6.07) is 12.6. The van der Waals surface area contributed by atoms with Crippen LogP contribution in [-0.4, -0.2) is 13.0 Å². The lowest BCUT2D eigenvalue weighted by atomic mass is 10.0. The smallest absolute Gasteiger partial charge is 0.293 e. The van der Waals surface area contributed by atoms with Crippen molar-refractivity contribution in [2.45, 2.75) is 20.8 Å². The zero-order valence-corrected chi connectivity index (χ0v) is 16.6. The Bertz CT molecular complexity index is 968. The van der Waals surface area contributed by atoms with Crippen molar-refractivity contribution < 1.29 is 9.21 Å². The average Bonchev–Trinajstić information content (AvgIpc) is 3.05. The predicted octanol–water partition coefficient (Wildman–Crippen LogP) is 6.46. The van der Waals surface area contributed by atoms with Crippen LogP contribution in [-0.2, 0) is 0 Å². The molecule has 0 aliphatic heterocycles. The quantitative estimate of drug-likeness (QED) is 0.516. The molecule has 1 amide bonds. The number of carbonyl (C=O) groups excluding carboxylic acids is 1. The van der Waals surface area contributed by atoms with Crippen LogP contribution in [0.25, 0.3) is 11.3 Å². The van der Waals surface area contributed by atoms with E-state index in [1.165, 1.54) is 5.56 Å². The highest BCUT2D eigenvalue weighted by Crippen LogP contribution is 2.33. The summed E-state index contributed by atoms with van der Waals surface area (Å²) in [4.78, 5) is 14.5. The van der Waals surface area contributed by atoms with E-state index in [-0.39, 0.29) is 11.7 Å². The zero-order chi connectivity index (χ0) is 19.0. The Morgan fingerprint density at radius 1 is 0.962 bits per heavy atom. The van der Waals surface area contributed by atoms with Crippen LogP contribution in [0.1, 0.15) is 27.2 Å². The number of amides is 1. The summed E-state index contributed by atoms with van der Waals surface area (Å²) < 4.78 is 5.78. The van der Waals surface area contributed by atoms with E-state index >= 15 is 0 Å². The topological polar surface area (TPSA) is 33.5 Å². The molecule has 26 heavy (non-hydrogen) atoms. The first-order chi connectivity index (χ1) is 12.3. The molecule has 0 aliphatic rings. The zero-order valence-electron chi connectivity index (χ0n) is 15.1. The molecule has 5 heteroatoms. The Kier molecular flexibility index (Phi) is 5.12. The summed E-state index contributed by atoms with van der Waals surface area (Å²) in [6.45, 7) is 6.04. The first kappa shape index (κ1) is 18.6. The maximum atomic E-state index is 12.9. The molecule has 0 bridgehead atoms. The molecule has 1 aromatic heterocycles. The normalized spacial score (nSPS) is 10.8. The Balaban J connectivity index is 1.95. The lowest BCUT2D eigenvalue weighted by Crippen LogP contribution is -2.27. The van der Waals surface area contributed by atoms with Gasteiger partial charge < -0.3 is 9.32 Å². The number of benzene rings is 2. The van der Waals surface area contributed by atoms with Crippen LogP contribution >= 0.6 is 23.2 Å². The van der Waals surface area contributed by atoms with Crippen LogP contribution in [0.2, 0.25) is 10.0 Å². The van der Waals surface area contributed by atoms with Crippen molar-refractivity contribution >= 4 is 34.8 Å². The van der Waals surface area contributed by atoms with Crippen LogP contribution < -0.4 is 4.90 Å². The van der Waals surface area contributed by atoms with E-state index in [2.05, 4.69) is 12.1 Å². The van der Waals surface area contributed by atoms with Gasteiger partial charge in [0.2, 0.25) is 0 Å². The number of carbonyl (C=O) groups is 1. The van der Waals surface area contributed by atoms with Gasteiger partial charge in [-0.3, -0.25) is 4.79 Å². The monoisotopic (exact) mass is 387 g/mol. The highest BCUT2D eigenvalue weighted by molar-refractivity contribution is 6.35. The van der Waals surface area contributed by atoms with Crippen molar-refractivity contribution in [2.75, 3.05) is 11.9 Å². The van der Waals surface area contributed by atoms with E-state index in [0.717, 1.165) is 16.8 Å². The average molecular weight is 388 g/mol. The van der Waals surface area contributed by atoms with Crippen LogP contribution in [0.5, 0.6) is 0 Å². The van der Waals surface area contributed by atoms with Crippen molar-refractivity contribution in [3.8, 4) is 11.3 Å². The van der Waals surface area contributed by atoms with Gasteiger partial charge in [-0.25, -0.2) is 0 Å². The molecular formula is C21H19Cl2NO2. The van der Waals surface area contributed by atoms with Crippen LogP contribution in [0, 0.1) is 20.8 Å². The molecule has 0 radical (unpaired) electrons. The van der Waals surface area contributed by atoms with Gasteiger partial charge in [-0.2, -0.15) is 0 Å². The number of hydrogen-bond donors (Lipinski definition) is 0. The number of halogens is 2. The molecule has 0 fully saturated rings. The van der Waals surface area contributed by atoms with Gasteiger partial charge in [-0.05, 0) is 62.2 Å². The minimum absolute atomic E-state index is 0.218. The number of rotatable bonds is 3. The summed E-state index contributed by atoms with van der Waals surface area (Å²) >= 11 is 12.3. The van der Waals surface area contributed by atoms with Gasteiger partial charge in [0, 0.05) is 23.3 Å². The highest BCUT2D eigenvalue weighted by atomic mass is 35.5. The molecule has 1 heterocycles. The SMILES string of the molecule is Cc1cc(C)c(N(C)C(=O)c2ccc(-c3cc(Cl)ccc3Cl)o2)c(C)c1. The van der Waals surface area contributed by atoms with Crippen molar-refractivity contribution in [1.82, 2.24) is 0 Å². The molecule has 0 N–H and O–H groups in total. The van der Waals surface area contributed by atoms with E-state index < -0.39 is 0 Å². The first-order valence-corrected chi connectivity index (χ1v) is 8.94. The lowest BCUT2D eigenvalue weighted by molar-refractivity contribution is 0.0967. The van der Waals surface area contributed by atoms with Gasteiger partial charge in [0.15, 0.2) is 5.76 Å². The van der Waals surface area contributed by atoms with Gasteiger partial charge in [-0.1, -0.05) is 40.9 Å². The fourth-order valence-electron chi connectivity index (χ4n) is 3.25. The standard InChI is InChI=1S/C21H19Cl2NO2/c1-12-9-13(2)20(14(3)10-12)24(4)21(25)19-8-7-18(26-19)16-11-15(22)5-6-17(16)23/h5-11H,1-4H3. The molecule has 0 saturated carbocycles. The second-order valence-electron chi connectivity index (χ2n) is 6.40. The second kappa shape index (κ2) is 7.18. The third-order valence-corrected chi connectivity index (χ3v) is 4.85. The van der Waals surface area contributed by atoms with E-state index in [0.29, 0.717) is 21.4 Å². The van der Waals surface area contributed by atoms with Gasteiger partial charge in [0.05, 0.1) is 5.02 Å². The number of aryl methyl sites for hydroxylation is 3. The number of hydrogen-bond acceptors (Lipinski definition) is 2. The highest BCUT2D eigenvalue weighted by Gasteiger charge is 2.21. The molecule has 0 aliphatic carbocycles. The summed E-state index contributed by atoms with van der Waals surface area (Å²) in [5.41, 5.74) is 4.80. The first-order valence-electron chi connectivity index (χ1n) is 8.19. The van der Waals surface area contributed by atoms with Gasteiger partial charge in [0.25, 0.3) is 5.91 Å². The number of nitrogens with zero attached hydrogens (tertiary/aromatic N) is 1. The summed E-state index contributed by atoms with van der Waals surface area (Å²) in [6.07, 6.45) is 0. The molecule has 0 atom stereocenters. The van der Waals surface area contributed by atoms with Gasteiger partial charge >= 0.3 is 0 Å². The lowest BCUT2D eigenvalue weighted by Gasteiger charge is -2.21. The number of furan rings is 1. The Labute approximate surface area is 163 Å². The van der Waals surface area contributed by atoms with E-state index in [4.69, 9.17) is 27.6 Å². The minimum Gasteiger partial charge on any atom is -0.451 e. The van der Waals surface area contributed by atoms with E-state index in [9.17, 15) is 4.79 Å². The maximum Gasteiger partial charge on any atom is 0.293 e. The second-order valence-corrected chi connectivity index (χ2v) is 7.24. The number of anilines is 1. The molecule has 3 rings (SSSR count). The third kappa shape index (κ3) is 3.50. The van der Waals surface area contributed by atoms with Crippen molar-refractivity contribution in [1.29, 1.82) is 0 Å². The molecule has 3 aromatic rings. The van der Waals surface area contributed by atoms with Crippen molar-refractivity contribution in [2.24, 2.45) is 0 Å². The predicted molar refractivity (Wildman–Crippen MR) is 108 cm³/mol. The largest absolute Gasteiger partial charge is 0.451 e. The van der Waals surface area contributed by atoms with Crippen LogP contribution in [0.15, 0.2) is 46.9 Å². The van der Waals surface area contributed by atoms with E-state index in [1.807, 2.05) is 20.8 Å².